The summed E-state index contributed by atoms with van der Waals surface area (Å²) in [6, 6.07) is 2.88. The molecule has 21 heavy (non-hydrogen) atoms. The molecule has 9 heteroatoms. The molecule has 0 aliphatic rings. The molecule has 5 nitrogen and oxygen atoms in total. The molecule has 1 aromatic carbocycles. The van der Waals surface area contributed by atoms with E-state index < -0.39 is 18.8 Å². The molecule has 4 N–H and O–H groups in total. The first-order chi connectivity index (χ1) is 9.76. The number of alkyl halides is 3. The van der Waals surface area contributed by atoms with Crippen molar-refractivity contribution in [1.82, 2.24) is 9.97 Å². The van der Waals surface area contributed by atoms with Gasteiger partial charge in [0.05, 0.1) is 11.0 Å². The maximum atomic E-state index is 11.9. The predicted octanol–water partition coefficient (Wildman–Crippen LogP) is 2.59. The normalized spacial score (nSPS) is 13.8. The largest absolute Gasteiger partial charge is 0.411 e. The number of imidazole rings is 1. The highest BCUT2D eigenvalue weighted by atomic mass is 79.9. The second-order valence-corrected chi connectivity index (χ2v) is 5.42. The van der Waals surface area contributed by atoms with Crippen molar-refractivity contribution >= 4 is 27.0 Å². The van der Waals surface area contributed by atoms with Crippen LogP contribution in [0.15, 0.2) is 21.4 Å². The van der Waals surface area contributed by atoms with E-state index in [1.54, 1.807) is 12.1 Å². The lowest BCUT2D eigenvalue weighted by Gasteiger charge is -2.15. The molecule has 0 saturated carbocycles. The summed E-state index contributed by atoms with van der Waals surface area (Å²) in [4.78, 5) is 16.4. The highest BCUT2D eigenvalue weighted by Gasteiger charge is 2.27. The van der Waals surface area contributed by atoms with Crippen molar-refractivity contribution in [2.24, 2.45) is 5.73 Å². The fourth-order valence-electron chi connectivity index (χ4n) is 1.91. The van der Waals surface area contributed by atoms with E-state index in [-0.39, 0.29) is 18.7 Å². The Balaban J connectivity index is 2.03. The zero-order valence-electron chi connectivity index (χ0n) is 10.8. The Kier molecular flexibility index (Phi) is 4.74. The molecule has 0 saturated heterocycles. The second-order valence-electron chi connectivity index (χ2n) is 4.56. The van der Waals surface area contributed by atoms with Crippen LogP contribution in [0.4, 0.5) is 13.2 Å². The van der Waals surface area contributed by atoms with Crippen molar-refractivity contribution in [2.75, 3.05) is 13.2 Å². The molecule has 1 unspecified atom stereocenters. The monoisotopic (exact) mass is 367 g/mol. The van der Waals surface area contributed by atoms with Crippen LogP contribution in [0.2, 0.25) is 0 Å². The van der Waals surface area contributed by atoms with Crippen molar-refractivity contribution in [2.45, 2.75) is 18.6 Å². The van der Waals surface area contributed by atoms with Crippen molar-refractivity contribution in [3.63, 3.8) is 0 Å². The summed E-state index contributed by atoms with van der Waals surface area (Å²) in [5.74, 6) is 0. The van der Waals surface area contributed by atoms with Gasteiger partial charge >= 0.3 is 11.9 Å². The molecular formula is C12H13BrF3N3O2. The Morgan fingerprint density at radius 2 is 1.90 bits per heavy atom. The average molecular weight is 368 g/mol. The predicted molar refractivity (Wildman–Crippen MR) is 75.0 cm³/mol. The molecule has 0 fully saturated rings. The van der Waals surface area contributed by atoms with Gasteiger partial charge in [0.2, 0.25) is 0 Å². The van der Waals surface area contributed by atoms with Crippen LogP contribution in [0.25, 0.3) is 11.0 Å². The van der Waals surface area contributed by atoms with Gasteiger partial charge in [-0.1, -0.05) is 15.9 Å². The molecule has 1 heterocycles. The van der Waals surface area contributed by atoms with E-state index in [2.05, 4.69) is 30.6 Å². The Morgan fingerprint density at radius 1 is 1.29 bits per heavy atom. The van der Waals surface area contributed by atoms with E-state index in [4.69, 9.17) is 5.73 Å². The first-order valence-corrected chi connectivity index (χ1v) is 6.87. The summed E-state index contributed by atoms with van der Waals surface area (Å²) in [5.41, 5.74) is 7.51. The molecule has 1 aromatic heterocycles. The van der Waals surface area contributed by atoms with Crippen molar-refractivity contribution in [1.29, 1.82) is 0 Å². The van der Waals surface area contributed by atoms with E-state index in [1.807, 2.05) is 0 Å². The van der Waals surface area contributed by atoms with Crippen molar-refractivity contribution in [3.05, 3.63) is 32.7 Å². The number of ether oxygens (including phenoxy) is 1. The van der Waals surface area contributed by atoms with Crippen LogP contribution in [-0.2, 0) is 4.74 Å². The lowest BCUT2D eigenvalue weighted by molar-refractivity contribution is -0.174. The van der Waals surface area contributed by atoms with Crippen LogP contribution in [0.5, 0.6) is 0 Å². The number of nitrogens with two attached hydrogens (primary N) is 1. The topological polar surface area (TPSA) is 83.9 Å². The molecular weight excluding hydrogens is 355 g/mol. The summed E-state index contributed by atoms with van der Waals surface area (Å²) >= 11 is 3.33. The van der Waals surface area contributed by atoms with Gasteiger partial charge in [0, 0.05) is 17.1 Å². The summed E-state index contributed by atoms with van der Waals surface area (Å²) in [6.45, 7) is -1.39. The van der Waals surface area contributed by atoms with Crippen LogP contribution >= 0.6 is 15.9 Å². The highest BCUT2D eigenvalue weighted by Crippen LogP contribution is 2.27. The zero-order chi connectivity index (χ0) is 15.6. The number of nitrogens with one attached hydrogen (secondary N) is 2. The van der Waals surface area contributed by atoms with Gasteiger partial charge in [0.1, 0.15) is 6.61 Å². The van der Waals surface area contributed by atoms with E-state index in [0.29, 0.717) is 21.1 Å². The van der Waals surface area contributed by atoms with Gasteiger partial charge in [-0.25, -0.2) is 4.79 Å². The van der Waals surface area contributed by atoms with Gasteiger partial charge in [0.25, 0.3) is 0 Å². The minimum atomic E-state index is -4.34. The average Bonchev–Trinajstić information content (AvgIpc) is 2.71. The third-order valence-corrected chi connectivity index (χ3v) is 3.56. The summed E-state index contributed by atoms with van der Waals surface area (Å²) in [7, 11) is 0. The Hall–Kier alpha value is -1.32. The Morgan fingerprint density at radius 3 is 2.52 bits per heavy atom. The molecule has 2 rings (SSSR count). The Labute approximate surface area is 125 Å². The maximum absolute atomic E-state index is 11.9. The molecule has 0 amide bonds. The summed E-state index contributed by atoms with van der Waals surface area (Å²) in [5, 5.41) is 0. The van der Waals surface area contributed by atoms with E-state index >= 15 is 0 Å². The van der Waals surface area contributed by atoms with E-state index in [0.717, 1.165) is 0 Å². The second kappa shape index (κ2) is 6.20. The molecule has 2 aromatic rings. The molecule has 1 atom stereocenters. The number of halogens is 4. The molecule has 0 aliphatic heterocycles. The quantitative estimate of drug-likeness (QED) is 0.710. The first-order valence-electron chi connectivity index (χ1n) is 6.08. The molecule has 116 valence electrons. The van der Waals surface area contributed by atoms with Gasteiger partial charge in [-0.15, -0.1) is 0 Å². The molecule has 0 spiro atoms. The number of fused-ring (bicyclic) bond motifs is 1. The molecule has 0 radical (unpaired) electrons. The zero-order valence-corrected chi connectivity index (χ0v) is 12.3. The van der Waals surface area contributed by atoms with Crippen LogP contribution in [0.3, 0.4) is 0 Å². The van der Waals surface area contributed by atoms with E-state index in [9.17, 15) is 18.0 Å². The number of hydrogen-bond acceptors (Lipinski definition) is 3. The van der Waals surface area contributed by atoms with Crippen LogP contribution in [0, 0.1) is 0 Å². The third-order valence-electron chi connectivity index (χ3n) is 2.87. The van der Waals surface area contributed by atoms with E-state index in [1.165, 1.54) is 0 Å². The lowest BCUT2D eigenvalue weighted by Crippen LogP contribution is -2.20. The maximum Gasteiger partial charge on any atom is 0.411 e. The molecule has 0 bridgehead atoms. The standard InChI is InChI=1S/C12H13BrF3N3O2/c13-7-4-10-9(18-11(20)19-10)3-6(7)8(17)1-2-21-5-12(14,15)16/h3-4,8H,1-2,5,17H2,(H2,18,19,20). The smallest absolute Gasteiger partial charge is 0.372 e. The number of hydrogen-bond donors (Lipinski definition) is 3. The SMILES string of the molecule is NC(CCOCC(F)(F)F)c1cc2[nH]c(=O)[nH]c2cc1Br. The first kappa shape index (κ1) is 16.1. The van der Waals surface area contributed by atoms with Crippen LogP contribution in [-0.4, -0.2) is 29.4 Å². The highest BCUT2D eigenvalue weighted by molar-refractivity contribution is 9.10. The fraction of sp³-hybridized carbons (Fsp3) is 0.417. The summed E-state index contributed by atoms with van der Waals surface area (Å²) in [6.07, 6.45) is -4.11. The van der Waals surface area contributed by atoms with Gasteiger partial charge in [-0.2, -0.15) is 13.2 Å². The minimum Gasteiger partial charge on any atom is -0.372 e. The minimum absolute atomic E-state index is 0.102. The van der Waals surface area contributed by atoms with Crippen LogP contribution < -0.4 is 11.4 Å². The Bertz CT molecular complexity index is 680. The number of H-pyrrole nitrogens is 2. The van der Waals surface area contributed by atoms with Gasteiger partial charge in [0.15, 0.2) is 0 Å². The van der Waals surface area contributed by atoms with Gasteiger partial charge in [-0.05, 0) is 24.1 Å². The number of aromatic amines is 2. The van der Waals surface area contributed by atoms with Gasteiger partial charge in [-0.3, -0.25) is 0 Å². The van der Waals surface area contributed by atoms with Gasteiger partial charge < -0.3 is 20.4 Å². The fourth-order valence-corrected chi connectivity index (χ4v) is 2.55. The van der Waals surface area contributed by atoms with Crippen molar-refractivity contribution < 1.29 is 17.9 Å². The van der Waals surface area contributed by atoms with Crippen LogP contribution in [0.1, 0.15) is 18.0 Å². The number of aromatic nitrogens is 2. The third kappa shape index (κ3) is 4.32. The summed E-state index contributed by atoms with van der Waals surface area (Å²) < 4.78 is 41.0. The molecule has 0 aliphatic carbocycles. The number of benzene rings is 1. The number of rotatable bonds is 5. The lowest BCUT2D eigenvalue weighted by atomic mass is 10.0. The van der Waals surface area contributed by atoms with Crippen molar-refractivity contribution in [3.8, 4) is 0 Å².